The Kier molecular flexibility index (Phi) is 4.60. The SMILES string of the molecule is CCn1cc(C(NN)c2c(OC)cccc2OC)cn1. The fourth-order valence-electron chi connectivity index (χ4n) is 2.21. The Labute approximate surface area is 118 Å². The van der Waals surface area contributed by atoms with Crippen LogP contribution in [0.4, 0.5) is 0 Å². The van der Waals surface area contributed by atoms with Crippen LogP contribution in [0.1, 0.15) is 24.1 Å². The lowest BCUT2D eigenvalue weighted by Crippen LogP contribution is -2.29. The van der Waals surface area contributed by atoms with Gasteiger partial charge in [0.15, 0.2) is 0 Å². The molecule has 108 valence electrons. The maximum absolute atomic E-state index is 5.74. The number of rotatable bonds is 6. The van der Waals surface area contributed by atoms with Crippen molar-refractivity contribution >= 4 is 0 Å². The number of ether oxygens (including phenoxy) is 2. The second-order valence-corrected chi connectivity index (χ2v) is 4.31. The first-order valence-corrected chi connectivity index (χ1v) is 6.44. The van der Waals surface area contributed by atoms with Crippen LogP contribution in [0.3, 0.4) is 0 Å². The van der Waals surface area contributed by atoms with Crippen molar-refractivity contribution in [2.75, 3.05) is 14.2 Å². The van der Waals surface area contributed by atoms with Crippen LogP contribution in [-0.4, -0.2) is 24.0 Å². The van der Waals surface area contributed by atoms with Crippen molar-refractivity contribution in [2.24, 2.45) is 5.84 Å². The number of hydrogen-bond acceptors (Lipinski definition) is 5. The van der Waals surface area contributed by atoms with Gasteiger partial charge >= 0.3 is 0 Å². The molecule has 0 spiro atoms. The highest BCUT2D eigenvalue weighted by atomic mass is 16.5. The monoisotopic (exact) mass is 276 g/mol. The van der Waals surface area contributed by atoms with Gasteiger partial charge in [-0.25, -0.2) is 5.43 Å². The summed E-state index contributed by atoms with van der Waals surface area (Å²) in [6.07, 6.45) is 3.75. The molecule has 6 heteroatoms. The average molecular weight is 276 g/mol. The lowest BCUT2D eigenvalue weighted by molar-refractivity contribution is 0.377. The van der Waals surface area contributed by atoms with Gasteiger partial charge in [-0.3, -0.25) is 10.5 Å². The van der Waals surface area contributed by atoms with E-state index in [0.29, 0.717) is 0 Å². The Morgan fingerprint density at radius 2 is 1.95 bits per heavy atom. The molecule has 0 amide bonds. The van der Waals surface area contributed by atoms with Crippen LogP contribution in [0.15, 0.2) is 30.6 Å². The zero-order chi connectivity index (χ0) is 14.5. The Morgan fingerprint density at radius 1 is 1.30 bits per heavy atom. The Morgan fingerprint density at radius 3 is 2.40 bits per heavy atom. The molecule has 0 saturated heterocycles. The first-order valence-electron chi connectivity index (χ1n) is 6.44. The summed E-state index contributed by atoms with van der Waals surface area (Å²) in [5.74, 6) is 7.17. The zero-order valence-electron chi connectivity index (χ0n) is 12.0. The summed E-state index contributed by atoms with van der Waals surface area (Å²) >= 11 is 0. The van der Waals surface area contributed by atoms with E-state index in [2.05, 4.69) is 10.5 Å². The average Bonchev–Trinajstić information content (AvgIpc) is 2.97. The van der Waals surface area contributed by atoms with E-state index in [0.717, 1.165) is 29.2 Å². The lowest BCUT2D eigenvalue weighted by Gasteiger charge is -2.20. The summed E-state index contributed by atoms with van der Waals surface area (Å²) in [4.78, 5) is 0. The van der Waals surface area contributed by atoms with Crippen molar-refractivity contribution in [2.45, 2.75) is 19.5 Å². The smallest absolute Gasteiger partial charge is 0.127 e. The highest BCUT2D eigenvalue weighted by Crippen LogP contribution is 2.36. The van der Waals surface area contributed by atoms with Crippen LogP contribution in [0, 0.1) is 0 Å². The third kappa shape index (κ3) is 2.61. The Bertz CT molecular complexity index is 546. The van der Waals surface area contributed by atoms with Gasteiger partial charge in [-0.2, -0.15) is 5.10 Å². The maximum Gasteiger partial charge on any atom is 0.127 e. The van der Waals surface area contributed by atoms with Gasteiger partial charge in [-0.15, -0.1) is 0 Å². The molecule has 1 unspecified atom stereocenters. The molecule has 0 fully saturated rings. The van der Waals surface area contributed by atoms with Gasteiger partial charge in [-0.05, 0) is 19.1 Å². The van der Waals surface area contributed by atoms with Crippen LogP contribution < -0.4 is 20.7 Å². The second kappa shape index (κ2) is 6.40. The van der Waals surface area contributed by atoms with Crippen molar-refractivity contribution in [3.05, 3.63) is 41.7 Å². The van der Waals surface area contributed by atoms with Gasteiger partial charge in [0.2, 0.25) is 0 Å². The van der Waals surface area contributed by atoms with Gasteiger partial charge in [0.1, 0.15) is 11.5 Å². The summed E-state index contributed by atoms with van der Waals surface area (Å²) in [5.41, 5.74) is 4.62. The summed E-state index contributed by atoms with van der Waals surface area (Å²) in [6, 6.07) is 5.39. The van der Waals surface area contributed by atoms with Gasteiger partial charge in [0, 0.05) is 18.3 Å². The molecule has 20 heavy (non-hydrogen) atoms. The fourth-order valence-corrected chi connectivity index (χ4v) is 2.21. The molecule has 0 aliphatic carbocycles. The van der Waals surface area contributed by atoms with Crippen molar-refractivity contribution in [1.82, 2.24) is 15.2 Å². The second-order valence-electron chi connectivity index (χ2n) is 4.31. The Hall–Kier alpha value is -2.05. The van der Waals surface area contributed by atoms with Gasteiger partial charge in [-0.1, -0.05) is 6.07 Å². The minimum absolute atomic E-state index is 0.249. The lowest BCUT2D eigenvalue weighted by atomic mass is 10.00. The van der Waals surface area contributed by atoms with Gasteiger partial charge in [0.05, 0.1) is 32.0 Å². The molecule has 6 nitrogen and oxygen atoms in total. The summed E-state index contributed by atoms with van der Waals surface area (Å²) in [5, 5.41) is 4.28. The standard InChI is InChI=1S/C14H20N4O2/c1-4-18-9-10(8-16-18)14(17-15)13-11(19-2)6-5-7-12(13)20-3/h5-9,14,17H,4,15H2,1-3H3. The fraction of sp³-hybridized carbons (Fsp3) is 0.357. The molecule has 2 rings (SSSR count). The number of methoxy groups -OCH3 is 2. The highest BCUT2D eigenvalue weighted by molar-refractivity contribution is 5.50. The number of nitrogens with two attached hydrogens (primary N) is 1. The maximum atomic E-state index is 5.74. The first kappa shape index (κ1) is 14.4. The minimum atomic E-state index is -0.249. The topological polar surface area (TPSA) is 74.3 Å². The molecule has 1 heterocycles. The van der Waals surface area contributed by atoms with Crippen molar-refractivity contribution in [3.63, 3.8) is 0 Å². The van der Waals surface area contributed by atoms with Gasteiger partial charge < -0.3 is 9.47 Å². The Balaban J connectivity index is 2.50. The zero-order valence-corrected chi connectivity index (χ0v) is 12.0. The summed E-state index contributed by atoms with van der Waals surface area (Å²) < 4.78 is 12.7. The predicted octanol–water partition coefficient (Wildman–Crippen LogP) is 1.47. The van der Waals surface area contributed by atoms with E-state index >= 15 is 0 Å². The number of nitrogens with zero attached hydrogens (tertiary/aromatic N) is 2. The molecule has 0 saturated carbocycles. The number of hydrazine groups is 1. The molecule has 1 aromatic carbocycles. The van der Waals surface area contributed by atoms with Crippen molar-refractivity contribution in [3.8, 4) is 11.5 Å². The number of aromatic nitrogens is 2. The predicted molar refractivity (Wildman–Crippen MR) is 76.6 cm³/mol. The van der Waals surface area contributed by atoms with Crippen LogP contribution in [0.5, 0.6) is 11.5 Å². The number of nitrogens with one attached hydrogen (secondary N) is 1. The summed E-state index contributed by atoms with van der Waals surface area (Å²) in [7, 11) is 3.25. The molecule has 3 N–H and O–H groups in total. The number of benzene rings is 1. The molecular weight excluding hydrogens is 256 g/mol. The van der Waals surface area contributed by atoms with Crippen molar-refractivity contribution < 1.29 is 9.47 Å². The van der Waals surface area contributed by atoms with E-state index in [9.17, 15) is 0 Å². The van der Waals surface area contributed by atoms with E-state index in [1.54, 1.807) is 20.4 Å². The highest BCUT2D eigenvalue weighted by Gasteiger charge is 2.22. The third-order valence-corrected chi connectivity index (χ3v) is 3.23. The third-order valence-electron chi connectivity index (χ3n) is 3.23. The van der Waals surface area contributed by atoms with Crippen LogP contribution >= 0.6 is 0 Å². The van der Waals surface area contributed by atoms with Crippen LogP contribution in [-0.2, 0) is 6.54 Å². The van der Waals surface area contributed by atoms with E-state index in [4.69, 9.17) is 15.3 Å². The van der Waals surface area contributed by atoms with Crippen LogP contribution in [0.2, 0.25) is 0 Å². The number of aryl methyl sites for hydroxylation is 1. The van der Waals surface area contributed by atoms with E-state index in [1.807, 2.05) is 36.0 Å². The van der Waals surface area contributed by atoms with Gasteiger partial charge in [0.25, 0.3) is 0 Å². The molecular formula is C14H20N4O2. The normalized spacial score (nSPS) is 12.2. The molecule has 1 atom stereocenters. The molecule has 0 aliphatic rings. The molecule has 0 radical (unpaired) electrons. The largest absolute Gasteiger partial charge is 0.496 e. The van der Waals surface area contributed by atoms with E-state index in [-0.39, 0.29) is 6.04 Å². The molecule has 0 aliphatic heterocycles. The van der Waals surface area contributed by atoms with Crippen LogP contribution in [0.25, 0.3) is 0 Å². The molecule has 0 bridgehead atoms. The quantitative estimate of drug-likeness (QED) is 0.617. The summed E-state index contributed by atoms with van der Waals surface area (Å²) in [6.45, 7) is 2.84. The van der Waals surface area contributed by atoms with Crippen molar-refractivity contribution in [1.29, 1.82) is 0 Å². The number of hydrogen-bond donors (Lipinski definition) is 2. The molecule has 2 aromatic rings. The van der Waals surface area contributed by atoms with E-state index in [1.165, 1.54) is 0 Å². The van der Waals surface area contributed by atoms with E-state index < -0.39 is 0 Å². The molecule has 1 aromatic heterocycles. The minimum Gasteiger partial charge on any atom is -0.496 e. The first-order chi connectivity index (χ1) is 9.74.